The van der Waals surface area contributed by atoms with E-state index in [-0.39, 0.29) is 5.84 Å². The summed E-state index contributed by atoms with van der Waals surface area (Å²) in [6.45, 7) is 1.89. The zero-order chi connectivity index (χ0) is 18.5. The molecule has 0 spiro atoms. The van der Waals surface area contributed by atoms with Gasteiger partial charge in [0, 0.05) is 5.56 Å². The molecular formula is C18H12F4N4. The minimum Gasteiger partial charge on any atom is -0.337 e. The third-order valence-corrected chi connectivity index (χ3v) is 4.10. The highest BCUT2D eigenvalue weighted by molar-refractivity contribution is 6.13. The monoisotopic (exact) mass is 360 g/mol. The minimum absolute atomic E-state index is 0.222. The van der Waals surface area contributed by atoms with Crippen LogP contribution < -0.4 is 5.32 Å². The van der Waals surface area contributed by atoms with Crippen molar-refractivity contribution in [1.82, 2.24) is 10.2 Å². The number of benzene rings is 2. The molecule has 0 unspecified atom stereocenters. The van der Waals surface area contributed by atoms with E-state index in [0.717, 1.165) is 23.8 Å². The number of aryl methyl sites for hydroxylation is 1. The number of halogens is 4. The highest BCUT2D eigenvalue weighted by atomic mass is 19.4. The lowest BCUT2D eigenvalue weighted by Crippen LogP contribution is -2.21. The fourth-order valence-corrected chi connectivity index (χ4v) is 2.93. The van der Waals surface area contributed by atoms with E-state index in [0.29, 0.717) is 22.6 Å². The van der Waals surface area contributed by atoms with Gasteiger partial charge >= 0.3 is 6.18 Å². The van der Waals surface area contributed by atoms with Crippen molar-refractivity contribution in [2.45, 2.75) is 13.1 Å². The molecule has 2 heterocycles. The van der Waals surface area contributed by atoms with Crippen molar-refractivity contribution >= 4 is 17.2 Å². The van der Waals surface area contributed by atoms with Gasteiger partial charge in [-0.25, -0.2) is 9.38 Å². The lowest BCUT2D eigenvalue weighted by molar-refractivity contribution is -0.137. The first-order chi connectivity index (χ1) is 12.3. The third-order valence-electron chi connectivity index (χ3n) is 4.10. The molecule has 8 heteroatoms. The van der Waals surface area contributed by atoms with Crippen LogP contribution in [-0.2, 0) is 6.18 Å². The molecule has 0 radical (unpaired) electrons. The van der Waals surface area contributed by atoms with Gasteiger partial charge in [-0.2, -0.15) is 18.3 Å². The van der Waals surface area contributed by atoms with Gasteiger partial charge < -0.3 is 5.32 Å². The molecule has 26 heavy (non-hydrogen) atoms. The molecule has 4 rings (SSSR count). The highest BCUT2D eigenvalue weighted by Gasteiger charge is 2.36. The fraction of sp³-hybridized carbons (Fsp3) is 0.111. The van der Waals surface area contributed by atoms with Crippen molar-refractivity contribution in [3.63, 3.8) is 0 Å². The van der Waals surface area contributed by atoms with Crippen molar-refractivity contribution in [3.05, 3.63) is 65.1 Å². The predicted octanol–water partition coefficient (Wildman–Crippen LogP) is 5.05. The van der Waals surface area contributed by atoms with Crippen LogP contribution in [0.1, 0.15) is 16.7 Å². The number of hydrogen-bond donors (Lipinski definition) is 2. The predicted molar refractivity (Wildman–Crippen MR) is 90.0 cm³/mol. The molecule has 0 bridgehead atoms. The number of anilines is 1. The number of aromatic amines is 1. The number of aliphatic imine (C=N–C) groups is 1. The van der Waals surface area contributed by atoms with E-state index < -0.39 is 23.1 Å². The van der Waals surface area contributed by atoms with Crippen molar-refractivity contribution in [2.24, 2.45) is 4.99 Å². The Labute approximate surface area is 145 Å². The van der Waals surface area contributed by atoms with Crippen LogP contribution in [0.15, 0.2) is 47.6 Å². The first kappa shape index (κ1) is 16.3. The summed E-state index contributed by atoms with van der Waals surface area (Å²) in [6, 6.07) is 8.14. The average Bonchev–Trinajstić information content (AvgIpc) is 2.97. The molecule has 0 atom stereocenters. The van der Waals surface area contributed by atoms with E-state index in [1.807, 2.05) is 13.0 Å². The molecule has 0 amide bonds. The number of nitrogens with zero attached hydrogens (tertiary/aromatic N) is 2. The second kappa shape index (κ2) is 5.69. The van der Waals surface area contributed by atoms with Gasteiger partial charge in [-0.05, 0) is 31.2 Å². The molecule has 1 aliphatic heterocycles. The van der Waals surface area contributed by atoms with Gasteiger partial charge in [-0.1, -0.05) is 17.7 Å². The molecule has 0 saturated carbocycles. The van der Waals surface area contributed by atoms with Gasteiger partial charge in [-0.3, -0.25) is 5.10 Å². The summed E-state index contributed by atoms with van der Waals surface area (Å²) in [5, 5.41) is 9.54. The molecule has 2 N–H and O–H groups in total. The second-order valence-electron chi connectivity index (χ2n) is 5.92. The van der Waals surface area contributed by atoms with Crippen LogP contribution >= 0.6 is 0 Å². The summed E-state index contributed by atoms with van der Waals surface area (Å²) in [5.41, 5.74) is 1.31. The quantitative estimate of drug-likeness (QED) is 0.597. The van der Waals surface area contributed by atoms with Crippen LogP contribution in [0.25, 0.3) is 11.3 Å². The molecule has 1 aromatic heterocycles. The van der Waals surface area contributed by atoms with Crippen molar-refractivity contribution in [2.75, 3.05) is 5.32 Å². The van der Waals surface area contributed by atoms with Crippen LogP contribution in [0.5, 0.6) is 0 Å². The Morgan fingerprint density at radius 3 is 2.65 bits per heavy atom. The number of fused-ring (bicyclic) bond motifs is 3. The normalized spacial score (nSPS) is 13.3. The van der Waals surface area contributed by atoms with E-state index >= 15 is 0 Å². The number of hydrogen-bond acceptors (Lipinski definition) is 3. The number of H-pyrrole nitrogens is 1. The van der Waals surface area contributed by atoms with E-state index in [4.69, 9.17) is 0 Å². The summed E-state index contributed by atoms with van der Waals surface area (Å²) in [6.07, 6.45) is -3.29. The number of rotatable bonds is 1. The number of alkyl halides is 3. The Balaban J connectivity index is 2.00. The Morgan fingerprint density at radius 2 is 1.88 bits per heavy atom. The summed E-state index contributed by atoms with van der Waals surface area (Å²) in [4.78, 5) is 4.29. The molecule has 4 nitrogen and oxygen atoms in total. The Morgan fingerprint density at radius 1 is 1.08 bits per heavy atom. The average molecular weight is 360 g/mol. The standard InChI is InChI=1S/C18H12F4N4/c1-9-5-6-13-10(7-9)16-14(8-23-26-16)25-17(24-13)15-11(18(20,21)22)3-2-4-12(15)19/h2-8H,1H3,(H,23,26)(H,24,25). The van der Waals surface area contributed by atoms with Gasteiger partial charge in [0.2, 0.25) is 0 Å². The lowest BCUT2D eigenvalue weighted by Gasteiger charge is -2.15. The lowest BCUT2D eigenvalue weighted by atomic mass is 10.0. The number of nitrogens with one attached hydrogen (secondary N) is 2. The topological polar surface area (TPSA) is 53.1 Å². The van der Waals surface area contributed by atoms with Gasteiger partial charge in [0.25, 0.3) is 0 Å². The smallest absolute Gasteiger partial charge is 0.337 e. The van der Waals surface area contributed by atoms with E-state index in [1.165, 1.54) is 6.20 Å². The zero-order valence-corrected chi connectivity index (χ0v) is 13.4. The molecule has 0 saturated heterocycles. The summed E-state index contributed by atoms with van der Waals surface area (Å²) >= 11 is 0. The van der Waals surface area contributed by atoms with Gasteiger partial charge in [0.1, 0.15) is 11.7 Å². The molecular weight excluding hydrogens is 348 g/mol. The Kier molecular flexibility index (Phi) is 3.57. The number of aromatic nitrogens is 2. The Hall–Kier alpha value is -3.16. The van der Waals surface area contributed by atoms with Crippen LogP contribution in [-0.4, -0.2) is 16.0 Å². The zero-order valence-electron chi connectivity index (χ0n) is 13.4. The fourth-order valence-electron chi connectivity index (χ4n) is 2.93. The maximum atomic E-state index is 14.4. The molecule has 2 aromatic carbocycles. The van der Waals surface area contributed by atoms with E-state index in [1.54, 1.807) is 12.1 Å². The second-order valence-corrected chi connectivity index (χ2v) is 5.92. The Bertz CT molecular complexity index is 1030. The summed E-state index contributed by atoms with van der Waals surface area (Å²) in [5.74, 6) is -1.23. The van der Waals surface area contributed by atoms with Crippen molar-refractivity contribution in [3.8, 4) is 11.3 Å². The summed E-state index contributed by atoms with van der Waals surface area (Å²) < 4.78 is 54.6. The largest absolute Gasteiger partial charge is 0.417 e. The van der Waals surface area contributed by atoms with Crippen molar-refractivity contribution < 1.29 is 17.6 Å². The van der Waals surface area contributed by atoms with Crippen LogP contribution in [0.2, 0.25) is 0 Å². The van der Waals surface area contributed by atoms with Crippen LogP contribution in [0.3, 0.4) is 0 Å². The van der Waals surface area contributed by atoms with Gasteiger partial charge in [0.15, 0.2) is 0 Å². The number of amidine groups is 1. The third kappa shape index (κ3) is 2.63. The van der Waals surface area contributed by atoms with Gasteiger partial charge in [-0.15, -0.1) is 0 Å². The minimum atomic E-state index is -4.72. The molecule has 132 valence electrons. The molecule has 0 aliphatic carbocycles. The molecule has 0 fully saturated rings. The first-order valence-electron chi connectivity index (χ1n) is 7.71. The molecule has 3 aromatic rings. The highest BCUT2D eigenvalue weighted by Crippen LogP contribution is 2.39. The maximum absolute atomic E-state index is 14.4. The van der Waals surface area contributed by atoms with Crippen LogP contribution in [0, 0.1) is 12.7 Å². The molecule has 1 aliphatic rings. The van der Waals surface area contributed by atoms with E-state index in [9.17, 15) is 17.6 Å². The van der Waals surface area contributed by atoms with Gasteiger partial charge in [0.05, 0.1) is 34.4 Å². The maximum Gasteiger partial charge on any atom is 0.417 e. The first-order valence-corrected chi connectivity index (χ1v) is 7.71. The SMILES string of the molecule is Cc1ccc2c(c1)-c1[nH]ncc1NC(c1c(F)cccc1C(F)(F)F)=N2. The summed E-state index contributed by atoms with van der Waals surface area (Å²) in [7, 11) is 0. The van der Waals surface area contributed by atoms with E-state index in [2.05, 4.69) is 20.5 Å². The van der Waals surface area contributed by atoms with Crippen molar-refractivity contribution in [1.29, 1.82) is 0 Å². The van der Waals surface area contributed by atoms with Crippen LogP contribution in [0.4, 0.5) is 28.9 Å².